The van der Waals surface area contributed by atoms with Gasteiger partial charge in [-0.2, -0.15) is 0 Å². The molecule has 2 aromatic heterocycles. The Morgan fingerprint density at radius 1 is 1.44 bits per heavy atom. The van der Waals surface area contributed by atoms with Crippen LogP contribution in [0, 0.1) is 0 Å². The number of hydrogen-bond acceptors (Lipinski definition) is 3. The number of thiophene rings is 1. The van der Waals surface area contributed by atoms with Crippen LogP contribution in [0.25, 0.3) is 0 Å². The number of halogens is 1. The van der Waals surface area contributed by atoms with Crippen LogP contribution in [0.4, 0.5) is 0 Å². The van der Waals surface area contributed by atoms with Crippen LogP contribution in [0.15, 0.2) is 40.4 Å². The van der Waals surface area contributed by atoms with E-state index < -0.39 is 0 Å². The van der Waals surface area contributed by atoms with Gasteiger partial charge in [-0.3, -0.25) is 4.98 Å². The predicted octanol–water partition coefficient (Wildman–Crippen LogP) is 3.76. The SMILES string of the molecule is CC(NCc1ccc(Br)s1)c1cccnc1. The molecule has 2 rings (SSSR count). The summed E-state index contributed by atoms with van der Waals surface area (Å²) in [5.74, 6) is 0. The van der Waals surface area contributed by atoms with E-state index in [1.54, 1.807) is 17.5 Å². The summed E-state index contributed by atoms with van der Waals surface area (Å²) in [5.41, 5.74) is 1.22. The summed E-state index contributed by atoms with van der Waals surface area (Å²) in [7, 11) is 0. The average molecular weight is 297 g/mol. The van der Waals surface area contributed by atoms with E-state index in [0.29, 0.717) is 6.04 Å². The van der Waals surface area contributed by atoms with Crippen molar-refractivity contribution in [1.82, 2.24) is 10.3 Å². The highest BCUT2D eigenvalue weighted by Gasteiger charge is 2.05. The second-order valence-electron chi connectivity index (χ2n) is 3.59. The molecule has 1 atom stereocenters. The summed E-state index contributed by atoms with van der Waals surface area (Å²) in [6.07, 6.45) is 3.70. The minimum atomic E-state index is 0.328. The molecular formula is C12H13BrN2S. The Balaban J connectivity index is 1.91. The molecule has 1 unspecified atom stereocenters. The molecule has 2 nitrogen and oxygen atoms in total. The van der Waals surface area contributed by atoms with E-state index in [2.05, 4.69) is 51.4 Å². The van der Waals surface area contributed by atoms with Gasteiger partial charge in [0.15, 0.2) is 0 Å². The lowest BCUT2D eigenvalue weighted by Crippen LogP contribution is -2.17. The Morgan fingerprint density at radius 3 is 2.94 bits per heavy atom. The lowest BCUT2D eigenvalue weighted by atomic mass is 10.1. The normalized spacial score (nSPS) is 12.6. The highest BCUT2D eigenvalue weighted by atomic mass is 79.9. The minimum absolute atomic E-state index is 0.328. The Morgan fingerprint density at radius 2 is 2.31 bits per heavy atom. The van der Waals surface area contributed by atoms with Crippen LogP contribution in [0.5, 0.6) is 0 Å². The fraction of sp³-hybridized carbons (Fsp3) is 0.250. The molecule has 0 saturated heterocycles. The van der Waals surface area contributed by atoms with Crippen molar-refractivity contribution in [3.05, 3.63) is 50.9 Å². The average Bonchev–Trinajstić information content (AvgIpc) is 2.73. The Hall–Kier alpha value is -0.710. The zero-order valence-electron chi connectivity index (χ0n) is 8.98. The van der Waals surface area contributed by atoms with Gasteiger partial charge in [0.1, 0.15) is 0 Å². The molecular weight excluding hydrogens is 284 g/mol. The summed E-state index contributed by atoms with van der Waals surface area (Å²) >= 11 is 5.23. The standard InChI is InChI=1S/C12H13BrN2S/c1-9(10-3-2-6-14-7-10)15-8-11-4-5-12(13)16-11/h2-7,9,15H,8H2,1H3. The third-order valence-electron chi connectivity index (χ3n) is 2.40. The van der Waals surface area contributed by atoms with Gasteiger partial charge < -0.3 is 5.32 Å². The topological polar surface area (TPSA) is 24.9 Å². The zero-order chi connectivity index (χ0) is 11.4. The molecule has 0 saturated carbocycles. The first kappa shape index (κ1) is 11.8. The summed E-state index contributed by atoms with van der Waals surface area (Å²) in [5, 5.41) is 3.48. The summed E-state index contributed by atoms with van der Waals surface area (Å²) in [6.45, 7) is 3.05. The molecule has 84 valence electrons. The molecule has 4 heteroatoms. The van der Waals surface area contributed by atoms with Crippen LogP contribution >= 0.6 is 27.3 Å². The van der Waals surface area contributed by atoms with E-state index in [-0.39, 0.29) is 0 Å². The highest BCUT2D eigenvalue weighted by Crippen LogP contribution is 2.22. The van der Waals surface area contributed by atoms with Crippen molar-refractivity contribution in [3.8, 4) is 0 Å². The highest BCUT2D eigenvalue weighted by molar-refractivity contribution is 9.11. The van der Waals surface area contributed by atoms with Gasteiger partial charge in [-0.15, -0.1) is 11.3 Å². The van der Waals surface area contributed by atoms with Crippen molar-refractivity contribution in [2.75, 3.05) is 0 Å². The maximum Gasteiger partial charge on any atom is 0.0701 e. The van der Waals surface area contributed by atoms with Crippen LogP contribution in [-0.2, 0) is 6.54 Å². The molecule has 0 aromatic carbocycles. The zero-order valence-corrected chi connectivity index (χ0v) is 11.4. The third kappa shape index (κ3) is 3.14. The van der Waals surface area contributed by atoms with Gasteiger partial charge in [0, 0.05) is 29.9 Å². The van der Waals surface area contributed by atoms with Gasteiger partial charge in [-0.1, -0.05) is 6.07 Å². The van der Waals surface area contributed by atoms with Crippen LogP contribution in [0.3, 0.4) is 0 Å². The van der Waals surface area contributed by atoms with Gasteiger partial charge >= 0.3 is 0 Å². The van der Waals surface area contributed by atoms with E-state index in [9.17, 15) is 0 Å². The van der Waals surface area contributed by atoms with Crippen molar-refractivity contribution in [2.24, 2.45) is 0 Å². The first-order chi connectivity index (χ1) is 7.75. The first-order valence-electron chi connectivity index (χ1n) is 5.13. The molecule has 0 bridgehead atoms. The van der Waals surface area contributed by atoms with Crippen molar-refractivity contribution >= 4 is 27.3 Å². The molecule has 2 aromatic rings. The number of aromatic nitrogens is 1. The smallest absolute Gasteiger partial charge is 0.0701 e. The second-order valence-corrected chi connectivity index (χ2v) is 6.14. The number of hydrogen-bond donors (Lipinski definition) is 1. The lowest BCUT2D eigenvalue weighted by Gasteiger charge is -2.12. The number of nitrogens with zero attached hydrogens (tertiary/aromatic N) is 1. The number of nitrogens with one attached hydrogen (secondary N) is 1. The Kier molecular flexibility index (Phi) is 4.09. The maximum absolute atomic E-state index is 4.12. The molecule has 0 aliphatic heterocycles. The van der Waals surface area contributed by atoms with Crippen molar-refractivity contribution in [2.45, 2.75) is 19.5 Å². The fourth-order valence-corrected chi connectivity index (χ4v) is 2.88. The van der Waals surface area contributed by atoms with E-state index in [1.807, 2.05) is 12.3 Å². The molecule has 0 radical (unpaired) electrons. The fourth-order valence-electron chi connectivity index (χ4n) is 1.45. The van der Waals surface area contributed by atoms with E-state index in [0.717, 1.165) is 6.54 Å². The van der Waals surface area contributed by atoms with Crippen molar-refractivity contribution < 1.29 is 0 Å². The largest absolute Gasteiger partial charge is 0.305 e. The quantitative estimate of drug-likeness (QED) is 0.929. The van der Waals surface area contributed by atoms with Crippen LogP contribution in [0.1, 0.15) is 23.4 Å². The maximum atomic E-state index is 4.12. The van der Waals surface area contributed by atoms with Crippen molar-refractivity contribution in [1.29, 1.82) is 0 Å². The van der Waals surface area contributed by atoms with Gasteiger partial charge in [0.05, 0.1) is 3.79 Å². The van der Waals surface area contributed by atoms with Gasteiger partial charge in [-0.05, 0) is 46.6 Å². The Labute approximate surface area is 108 Å². The molecule has 0 fully saturated rings. The second kappa shape index (κ2) is 5.57. The molecule has 0 spiro atoms. The molecule has 2 heterocycles. The molecule has 16 heavy (non-hydrogen) atoms. The monoisotopic (exact) mass is 296 g/mol. The summed E-state index contributed by atoms with van der Waals surface area (Å²) in [6, 6.07) is 8.60. The summed E-state index contributed by atoms with van der Waals surface area (Å²) in [4.78, 5) is 5.46. The molecule has 0 amide bonds. The third-order valence-corrected chi connectivity index (χ3v) is 4.02. The number of pyridine rings is 1. The van der Waals surface area contributed by atoms with E-state index in [1.165, 1.54) is 14.2 Å². The van der Waals surface area contributed by atoms with Gasteiger partial charge in [0.25, 0.3) is 0 Å². The number of rotatable bonds is 4. The van der Waals surface area contributed by atoms with Crippen LogP contribution in [-0.4, -0.2) is 4.98 Å². The van der Waals surface area contributed by atoms with Crippen LogP contribution < -0.4 is 5.32 Å². The molecule has 0 aliphatic carbocycles. The minimum Gasteiger partial charge on any atom is -0.305 e. The van der Waals surface area contributed by atoms with Crippen molar-refractivity contribution in [3.63, 3.8) is 0 Å². The van der Waals surface area contributed by atoms with Gasteiger partial charge in [-0.25, -0.2) is 0 Å². The Bertz CT molecular complexity index is 441. The lowest BCUT2D eigenvalue weighted by molar-refractivity contribution is 0.577. The summed E-state index contributed by atoms with van der Waals surface area (Å²) < 4.78 is 1.18. The predicted molar refractivity (Wildman–Crippen MR) is 71.5 cm³/mol. The molecule has 0 aliphatic rings. The van der Waals surface area contributed by atoms with E-state index >= 15 is 0 Å². The van der Waals surface area contributed by atoms with Crippen LogP contribution in [0.2, 0.25) is 0 Å². The molecule has 1 N–H and O–H groups in total. The van der Waals surface area contributed by atoms with E-state index in [4.69, 9.17) is 0 Å². The first-order valence-corrected chi connectivity index (χ1v) is 6.74. The van der Waals surface area contributed by atoms with Gasteiger partial charge in [0.2, 0.25) is 0 Å².